The number of hydrogen-bond acceptors (Lipinski definition) is 3. The summed E-state index contributed by atoms with van der Waals surface area (Å²) in [5, 5.41) is 0. The maximum Gasteiger partial charge on any atom is 0.240 e. The number of benzene rings is 1. The van der Waals surface area contributed by atoms with Gasteiger partial charge in [-0.25, -0.2) is 13.1 Å². The average Bonchev–Trinajstić information content (AvgIpc) is 2.79. The van der Waals surface area contributed by atoms with Gasteiger partial charge in [0.05, 0.1) is 4.90 Å². The van der Waals surface area contributed by atoms with E-state index in [-0.39, 0.29) is 5.41 Å². The molecule has 20 heavy (non-hydrogen) atoms. The fourth-order valence-electron chi connectivity index (χ4n) is 2.88. The molecule has 0 heterocycles. The van der Waals surface area contributed by atoms with E-state index < -0.39 is 10.0 Å². The average molecular weight is 296 g/mol. The molecule has 0 aromatic heterocycles. The molecular formula is C15H24N2O2S. The van der Waals surface area contributed by atoms with Crippen LogP contribution in [0.3, 0.4) is 0 Å². The van der Waals surface area contributed by atoms with Crippen LogP contribution in [0.5, 0.6) is 0 Å². The van der Waals surface area contributed by atoms with Gasteiger partial charge < -0.3 is 5.73 Å². The zero-order chi connectivity index (χ0) is 15.0. The van der Waals surface area contributed by atoms with Crippen molar-refractivity contribution in [2.45, 2.75) is 51.3 Å². The van der Waals surface area contributed by atoms with Crippen molar-refractivity contribution in [2.24, 2.45) is 5.41 Å². The number of sulfonamides is 1. The summed E-state index contributed by atoms with van der Waals surface area (Å²) in [6, 6.07) is 3.48. The molecule has 112 valence electrons. The van der Waals surface area contributed by atoms with E-state index >= 15 is 0 Å². The van der Waals surface area contributed by atoms with E-state index in [1.54, 1.807) is 19.1 Å². The minimum atomic E-state index is -3.49. The first-order chi connectivity index (χ1) is 9.23. The van der Waals surface area contributed by atoms with Gasteiger partial charge in [0.2, 0.25) is 10.0 Å². The van der Waals surface area contributed by atoms with Gasteiger partial charge in [-0.1, -0.05) is 19.8 Å². The van der Waals surface area contributed by atoms with Crippen LogP contribution >= 0.6 is 0 Å². The van der Waals surface area contributed by atoms with Crippen LogP contribution < -0.4 is 10.5 Å². The zero-order valence-corrected chi connectivity index (χ0v) is 13.3. The Morgan fingerprint density at radius 1 is 1.25 bits per heavy atom. The summed E-state index contributed by atoms with van der Waals surface area (Å²) in [6.07, 6.45) is 4.55. The van der Waals surface area contributed by atoms with E-state index in [1.807, 2.05) is 6.92 Å². The van der Waals surface area contributed by atoms with Gasteiger partial charge in [0, 0.05) is 12.2 Å². The van der Waals surface area contributed by atoms with Crippen LogP contribution in [0.4, 0.5) is 5.69 Å². The Balaban J connectivity index is 2.22. The first-order valence-corrected chi connectivity index (χ1v) is 8.58. The van der Waals surface area contributed by atoms with Crippen molar-refractivity contribution in [3.63, 3.8) is 0 Å². The molecule has 0 spiro atoms. The summed E-state index contributed by atoms with van der Waals surface area (Å²) in [4.78, 5) is 0.302. The number of aryl methyl sites for hydroxylation is 1. The molecule has 0 atom stereocenters. The highest BCUT2D eigenvalue weighted by Gasteiger charge is 2.30. The quantitative estimate of drug-likeness (QED) is 0.839. The predicted molar refractivity (Wildman–Crippen MR) is 82.1 cm³/mol. The number of nitrogens with one attached hydrogen (secondary N) is 1. The van der Waals surface area contributed by atoms with Gasteiger partial charge in [0.1, 0.15) is 0 Å². The van der Waals surface area contributed by atoms with Crippen molar-refractivity contribution in [1.82, 2.24) is 4.72 Å². The van der Waals surface area contributed by atoms with Crippen LogP contribution in [-0.4, -0.2) is 15.0 Å². The fraction of sp³-hybridized carbons (Fsp3) is 0.600. The van der Waals surface area contributed by atoms with E-state index in [2.05, 4.69) is 11.6 Å². The predicted octanol–water partition coefficient (Wildman–Crippen LogP) is 2.74. The van der Waals surface area contributed by atoms with E-state index in [4.69, 9.17) is 5.73 Å². The first-order valence-electron chi connectivity index (χ1n) is 7.10. The summed E-state index contributed by atoms with van der Waals surface area (Å²) in [5.41, 5.74) is 7.98. The van der Waals surface area contributed by atoms with Crippen LogP contribution in [-0.2, 0) is 10.0 Å². The Morgan fingerprint density at radius 2 is 1.85 bits per heavy atom. The standard InChI is InChI=1S/C15H24N2O2S/c1-11-8-13(16)12(2)14(9-11)20(18,19)17-10-15(3)6-4-5-7-15/h8-9,17H,4-7,10,16H2,1-3H3. The lowest BCUT2D eigenvalue weighted by Gasteiger charge is -2.24. The Morgan fingerprint density at radius 3 is 2.45 bits per heavy atom. The van der Waals surface area contributed by atoms with E-state index in [1.165, 1.54) is 12.8 Å². The maximum atomic E-state index is 12.5. The van der Waals surface area contributed by atoms with Gasteiger partial charge in [-0.3, -0.25) is 0 Å². The van der Waals surface area contributed by atoms with E-state index in [9.17, 15) is 8.42 Å². The third kappa shape index (κ3) is 3.15. The largest absolute Gasteiger partial charge is 0.398 e. The van der Waals surface area contributed by atoms with Crippen molar-refractivity contribution in [3.05, 3.63) is 23.3 Å². The highest BCUT2D eigenvalue weighted by atomic mass is 32.2. The Labute approximate surface area is 121 Å². The number of nitrogen functional groups attached to an aromatic ring is 1. The van der Waals surface area contributed by atoms with Gasteiger partial charge in [0.15, 0.2) is 0 Å². The molecule has 1 aromatic carbocycles. The van der Waals surface area contributed by atoms with Crippen molar-refractivity contribution < 1.29 is 8.42 Å². The Bertz CT molecular complexity index is 603. The molecule has 5 heteroatoms. The molecule has 0 radical (unpaired) electrons. The molecule has 0 aliphatic heterocycles. The number of rotatable bonds is 4. The molecule has 2 rings (SSSR count). The highest BCUT2D eigenvalue weighted by molar-refractivity contribution is 7.89. The number of anilines is 1. The Hall–Kier alpha value is -1.07. The second-order valence-electron chi connectivity index (χ2n) is 6.32. The lowest BCUT2D eigenvalue weighted by Crippen LogP contribution is -2.34. The van der Waals surface area contributed by atoms with Gasteiger partial charge in [0.25, 0.3) is 0 Å². The van der Waals surface area contributed by atoms with Crippen LogP contribution in [0.15, 0.2) is 17.0 Å². The van der Waals surface area contributed by atoms with Crippen LogP contribution in [0.25, 0.3) is 0 Å². The van der Waals surface area contributed by atoms with Gasteiger partial charge >= 0.3 is 0 Å². The van der Waals surface area contributed by atoms with Crippen LogP contribution in [0.1, 0.15) is 43.7 Å². The molecule has 1 aromatic rings. The third-order valence-electron chi connectivity index (χ3n) is 4.33. The van der Waals surface area contributed by atoms with Crippen LogP contribution in [0, 0.1) is 19.3 Å². The van der Waals surface area contributed by atoms with Crippen LogP contribution in [0.2, 0.25) is 0 Å². The van der Waals surface area contributed by atoms with Gasteiger partial charge in [-0.2, -0.15) is 0 Å². The summed E-state index contributed by atoms with van der Waals surface area (Å²) < 4.78 is 27.7. The summed E-state index contributed by atoms with van der Waals surface area (Å²) in [5.74, 6) is 0. The SMILES string of the molecule is Cc1cc(N)c(C)c(S(=O)(=O)NCC2(C)CCCC2)c1. The lowest BCUT2D eigenvalue weighted by atomic mass is 9.89. The minimum absolute atomic E-state index is 0.0936. The monoisotopic (exact) mass is 296 g/mol. The molecule has 0 saturated heterocycles. The second-order valence-corrected chi connectivity index (χ2v) is 8.05. The molecule has 3 N–H and O–H groups in total. The summed E-state index contributed by atoms with van der Waals surface area (Å²) in [6.45, 7) is 6.26. The molecule has 1 fully saturated rings. The Kier molecular flexibility index (Phi) is 4.12. The summed E-state index contributed by atoms with van der Waals surface area (Å²) >= 11 is 0. The molecular weight excluding hydrogens is 272 g/mol. The smallest absolute Gasteiger partial charge is 0.240 e. The molecule has 0 bridgehead atoms. The fourth-order valence-corrected chi connectivity index (χ4v) is 4.44. The number of nitrogens with two attached hydrogens (primary N) is 1. The molecule has 1 saturated carbocycles. The topological polar surface area (TPSA) is 72.2 Å². The first kappa shape index (κ1) is 15.3. The zero-order valence-electron chi connectivity index (χ0n) is 12.5. The van der Waals surface area contributed by atoms with Crippen molar-refractivity contribution in [1.29, 1.82) is 0 Å². The van der Waals surface area contributed by atoms with E-state index in [0.29, 0.717) is 22.7 Å². The van der Waals surface area contributed by atoms with E-state index in [0.717, 1.165) is 18.4 Å². The normalized spacial score (nSPS) is 18.4. The maximum absolute atomic E-state index is 12.5. The molecule has 4 nitrogen and oxygen atoms in total. The minimum Gasteiger partial charge on any atom is -0.398 e. The van der Waals surface area contributed by atoms with Gasteiger partial charge in [-0.15, -0.1) is 0 Å². The summed E-state index contributed by atoms with van der Waals surface area (Å²) in [7, 11) is -3.49. The van der Waals surface area contributed by atoms with Crippen molar-refractivity contribution >= 4 is 15.7 Å². The third-order valence-corrected chi connectivity index (χ3v) is 5.86. The second kappa shape index (κ2) is 5.37. The molecule has 1 aliphatic carbocycles. The lowest BCUT2D eigenvalue weighted by molar-refractivity contribution is 0.336. The van der Waals surface area contributed by atoms with Gasteiger partial charge in [-0.05, 0) is 55.4 Å². The molecule has 0 amide bonds. The molecule has 1 aliphatic rings. The molecule has 0 unspecified atom stereocenters. The highest BCUT2D eigenvalue weighted by Crippen LogP contribution is 2.37. The van der Waals surface area contributed by atoms with Crippen molar-refractivity contribution in [3.8, 4) is 0 Å². The van der Waals surface area contributed by atoms with Crippen molar-refractivity contribution in [2.75, 3.05) is 12.3 Å². The number of hydrogen-bond donors (Lipinski definition) is 2.